The van der Waals surface area contributed by atoms with Gasteiger partial charge in [-0.15, -0.1) is 0 Å². The predicted octanol–water partition coefficient (Wildman–Crippen LogP) is 9.03. The van der Waals surface area contributed by atoms with Crippen molar-refractivity contribution in [2.24, 2.45) is 0 Å². The molecule has 0 aliphatic carbocycles. The molecule has 5 heterocycles. The Morgan fingerprint density at radius 3 is 1.82 bits per heavy atom. The van der Waals surface area contributed by atoms with Crippen LogP contribution in [0.2, 0.25) is 0 Å². The van der Waals surface area contributed by atoms with E-state index in [1.54, 1.807) is 26.4 Å². The molecule has 0 amide bonds. The SMILES string of the molecule is COc1cccc(-c2c3nc(c(C(F)(F)F)c4ccc([nH]4)c(-c4cccc(OC)c4)c4nc(cc5ccc2[nH]5)C=C4)C=C3)c1. The van der Waals surface area contributed by atoms with Crippen LogP contribution < -0.4 is 9.47 Å². The molecule has 8 bridgehead atoms. The quantitative estimate of drug-likeness (QED) is 0.215. The van der Waals surface area contributed by atoms with E-state index in [1.807, 2.05) is 78.9 Å². The number of aromatic nitrogens is 4. The summed E-state index contributed by atoms with van der Waals surface area (Å²) < 4.78 is 55.3. The van der Waals surface area contributed by atoms with Gasteiger partial charge in [-0.25, -0.2) is 9.97 Å². The zero-order chi connectivity index (χ0) is 30.4. The Morgan fingerprint density at radius 2 is 1.16 bits per heavy atom. The van der Waals surface area contributed by atoms with Gasteiger partial charge in [0.1, 0.15) is 17.1 Å². The van der Waals surface area contributed by atoms with E-state index in [9.17, 15) is 13.2 Å². The molecule has 7 rings (SSSR count). The first kappa shape index (κ1) is 27.3. The molecule has 3 aromatic heterocycles. The molecule has 0 radical (unpaired) electrons. The molecule has 0 spiro atoms. The molecule has 0 unspecified atom stereocenters. The maximum atomic E-state index is 14.8. The standard InChI is InChI=1S/C35H25F3N4O2/c1-43-24-7-3-5-20(17-24)32-26-11-9-22(39-26)19-23-10-12-27(40-23)33(21-6-4-8-25(18-21)44-2)29-14-16-31(42-29)34(35(36,37)38)30-15-13-28(32)41-30/h3-19,39,42H,1-2H3. The lowest BCUT2D eigenvalue weighted by atomic mass is 10.0. The second-order valence-electron chi connectivity index (χ2n) is 10.3. The molecule has 0 fully saturated rings. The number of rotatable bonds is 4. The first-order valence-corrected chi connectivity index (χ1v) is 13.8. The average molecular weight is 591 g/mol. The summed E-state index contributed by atoms with van der Waals surface area (Å²) in [5.41, 5.74) is 5.21. The van der Waals surface area contributed by atoms with E-state index in [-0.39, 0.29) is 11.2 Å². The van der Waals surface area contributed by atoms with E-state index in [0.717, 1.165) is 16.6 Å². The van der Waals surface area contributed by atoms with Crippen LogP contribution in [0.1, 0.15) is 28.3 Å². The van der Waals surface area contributed by atoms with Crippen molar-refractivity contribution >= 4 is 46.4 Å². The molecule has 2 aliphatic heterocycles. The molecule has 2 aliphatic rings. The van der Waals surface area contributed by atoms with Crippen molar-refractivity contribution in [2.45, 2.75) is 6.18 Å². The number of H-pyrrole nitrogens is 2. The Balaban J connectivity index is 1.63. The third-order valence-electron chi connectivity index (χ3n) is 7.58. The number of fused-ring (bicyclic) bond motifs is 8. The molecule has 6 nitrogen and oxygen atoms in total. The summed E-state index contributed by atoms with van der Waals surface area (Å²) in [7, 11) is 3.13. The number of alkyl halides is 3. The Morgan fingerprint density at radius 1 is 0.591 bits per heavy atom. The minimum atomic E-state index is -4.70. The second-order valence-corrected chi connectivity index (χ2v) is 10.3. The smallest absolute Gasteiger partial charge is 0.420 e. The van der Waals surface area contributed by atoms with Gasteiger partial charge in [-0.3, -0.25) is 0 Å². The minimum absolute atomic E-state index is 0.104. The summed E-state index contributed by atoms with van der Waals surface area (Å²) in [6, 6.07) is 23.5. The predicted molar refractivity (Wildman–Crippen MR) is 168 cm³/mol. The fourth-order valence-corrected chi connectivity index (χ4v) is 5.60. The van der Waals surface area contributed by atoms with Crippen molar-refractivity contribution in [3.05, 3.63) is 107 Å². The van der Waals surface area contributed by atoms with E-state index in [0.29, 0.717) is 50.7 Å². The summed E-state index contributed by atoms with van der Waals surface area (Å²) in [6.45, 7) is 0. The number of hydrogen-bond acceptors (Lipinski definition) is 4. The molecule has 0 saturated carbocycles. The van der Waals surface area contributed by atoms with Crippen molar-refractivity contribution in [2.75, 3.05) is 14.2 Å². The fraction of sp³-hybridized carbons (Fsp3) is 0.0857. The molecule has 0 saturated heterocycles. The maximum Gasteiger partial charge on any atom is 0.420 e. The topological polar surface area (TPSA) is 75.8 Å². The number of ether oxygens (including phenoxy) is 2. The molecule has 9 heteroatoms. The Bertz CT molecular complexity index is 2110. The van der Waals surface area contributed by atoms with Gasteiger partial charge in [0, 0.05) is 27.7 Å². The number of halogens is 3. The molecule has 44 heavy (non-hydrogen) atoms. The normalized spacial score (nSPS) is 12.5. The van der Waals surface area contributed by atoms with Crippen LogP contribution in [-0.2, 0) is 6.18 Å². The van der Waals surface area contributed by atoms with E-state index in [1.165, 1.54) is 12.1 Å². The molecular weight excluding hydrogens is 565 g/mol. The van der Waals surface area contributed by atoms with Crippen LogP contribution >= 0.6 is 0 Å². The van der Waals surface area contributed by atoms with E-state index >= 15 is 0 Å². The van der Waals surface area contributed by atoms with Gasteiger partial charge in [-0.1, -0.05) is 24.3 Å². The molecule has 2 aromatic carbocycles. The highest BCUT2D eigenvalue weighted by atomic mass is 19.4. The highest BCUT2D eigenvalue weighted by Gasteiger charge is 2.36. The Kier molecular flexibility index (Phi) is 6.58. The molecule has 2 N–H and O–H groups in total. The maximum absolute atomic E-state index is 14.8. The number of hydrogen-bond donors (Lipinski definition) is 2. The number of methoxy groups -OCH3 is 2. The lowest BCUT2D eigenvalue weighted by Crippen LogP contribution is -2.08. The van der Waals surface area contributed by atoms with Crippen molar-refractivity contribution in [3.63, 3.8) is 0 Å². The van der Waals surface area contributed by atoms with Crippen LogP contribution in [0.25, 0.3) is 68.6 Å². The highest BCUT2D eigenvalue weighted by Crippen LogP contribution is 2.39. The van der Waals surface area contributed by atoms with E-state index in [2.05, 4.69) is 15.0 Å². The third-order valence-corrected chi connectivity index (χ3v) is 7.58. The van der Waals surface area contributed by atoms with Gasteiger partial charge in [0.15, 0.2) is 0 Å². The van der Waals surface area contributed by atoms with Crippen molar-refractivity contribution in [1.82, 2.24) is 19.9 Å². The highest BCUT2D eigenvalue weighted by molar-refractivity contribution is 5.94. The largest absolute Gasteiger partial charge is 0.497 e. The summed E-state index contributed by atoms with van der Waals surface area (Å²) in [6.07, 6.45) is 2.06. The summed E-state index contributed by atoms with van der Waals surface area (Å²) >= 11 is 0. The van der Waals surface area contributed by atoms with Gasteiger partial charge in [0.2, 0.25) is 0 Å². The number of aromatic amines is 2. The van der Waals surface area contributed by atoms with Gasteiger partial charge in [-0.05, 0) is 90.0 Å². The molecule has 0 atom stereocenters. The average Bonchev–Trinajstić information content (AvgIpc) is 3.84. The minimum Gasteiger partial charge on any atom is -0.497 e. The van der Waals surface area contributed by atoms with Crippen LogP contribution in [-0.4, -0.2) is 34.2 Å². The lowest BCUT2D eigenvalue weighted by Gasteiger charge is -2.09. The number of nitrogens with one attached hydrogen (secondary N) is 2. The molecule has 218 valence electrons. The van der Waals surface area contributed by atoms with Gasteiger partial charge >= 0.3 is 6.18 Å². The number of benzene rings is 2. The Hall–Kier alpha value is -5.57. The van der Waals surface area contributed by atoms with Crippen LogP contribution in [0.5, 0.6) is 11.5 Å². The van der Waals surface area contributed by atoms with Crippen molar-refractivity contribution in [3.8, 4) is 33.8 Å². The monoisotopic (exact) mass is 590 g/mol. The van der Waals surface area contributed by atoms with Crippen molar-refractivity contribution in [1.29, 1.82) is 0 Å². The molecule has 5 aromatic rings. The van der Waals surface area contributed by atoms with E-state index < -0.39 is 11.7 Å². The second kappa shape index (κ2) is 10.6. The van der Waals surface area contributed by atoms with Crippen molar-refractivity contribution < 1.29 is 22.6 Å². The fourth-order valence-electron chi connectivity index (χ4n) is 5.60. The zero-order valence-electron chi connectivity index (χ0n) is 23.7. The van der Waals surface area contributed by atoms with Crippen LogP contribution in [0.15, 0.2) is 78.9 Å². The summed E-state index contributed by atoms with van der Waals surface area (Å²) in [5, 5.41) is 0. The summed E-state index contributed by atoms with van der Waals surface area (Å²) in [5.74, 6) is 1.23. The van der Waals surface area contributed by atoms with Gasteiger partial charge in [0.05, 0.1) is 42.5 Å². The number of nitrogens with zero attached hydrogens (tertiary/aromatic N) is 2. The summed E-state index contributed by atoms with van der Waals surface area (Å²) in [4.78, 5) is 15.9. The zero-order valence-corrected chi connectivity index (χ0v) is 23.7. The van der Waals surface area contributed by atoms with Crippen LogP contribution in [0, 0.1) is 0 Å². The Labute approximate surface area is 250 Å². The lowest BCUT2D eigenvalue weighted by molar-refractivity contribution is -0.136. The van der Waals surface area contributed by atoms with Gasteiger partial charge in [-0.2, -0.15) is 13.2 Å². The van der Waals surface area contributed by atoms with Crippen LogP contribution in [0.4, 0.5) is 13.2 Å². The van der Waals surface area contributed by atoms with Gasteiger partial charge in [0.25, 0.3) is 0 Å². The first-order chi connectivity index (χ1) is 21.3. The first-order valence-electron chi connectivity index (χ1n) is 13.8. The van der Waals surface area contributed by atoms with E-state index in [4.69, 9.17) is 14.5 Å². The third kappa shape index (κ3) is 4.92. The molecular formula is C35H25F3N4O2. The van der Waals surface area contributed by atoms with Gasteiger partial charge < -0.3 is 19.4 Å². The van der Waals surface area contributed by atoms with Crippen LogP contribution in [0.3, 0.4) is 0 Å².